The van der Waals surface area contributed by atoms with Crippen LogP contribution in [0.25, 0.3) is 0 Å². The van der Waals surface area contributed by atoms with Gasteiger partial charge in [0, 0.05) is 0 Å². The number of rotatable bonds is 4. The summed E-state index contributed by atoms with van der Waals surface area (Å²) in [5.41, 5.74) is 0. The van der Waals surface area contributed by atoms with E-state index in [2.05, 4.69) is 20.4 Å². The molecule has 0 aliphatic heterocycles. The quantitative estimate of drug-likeness (QED) is 0.513. The van der Waals surface area contributed by atoms with Crippen molar-refractivity contribution in [3.63, 3.8) is 0 Å². The van der Waals surface area contributed by atoms with Gasteiger partial charge in [0.2, 0.25) is 0 Å². The van der Waals surface area contributed by atoms with Gasteiger partial charge in [-0.25, -0.2) is 0 Å². The maximum absolute atomic E-state index is 2.56. The van der Waals surface area contributed by atoms with Crippen LogP contribution in [0.15, 0.2) is 0 Å². The molecule has 0 rings (SSSR count). The predicted molar refractivity (Wildman–Crippen MR) is 48.8 cm³/mol. The van der Waals surface area contributed by atoms with Crippen molar-refractivity contribution in [3.8, 4) is 0 Å². The monoisotopic (exact) mass is 390 g/mol. The SMILES string of the molecule is CCCC[Se][Pb]([CH3])([CH3])[CH3]. The summed E-state index contributed by atoms with van der Waals surface area (Å²) in [6, 6.07) is 0. The summed E-state index contributed by atoms with van der Waals surface area (Å²) >= 11 is -1.38. The van der Waals surface area contributed by atoms with Crippen LogP contribution in [0, 0.1) is 0 Å². The van der Waals surface area contributed by atoms with Gasteiger partial charge in [0.15, 0.2) is 0 Å². The molecule has 0 atom stereocenters. The molecule has 0 aliphatic carbocycles. The first kappa shape index (κ1) is 10.4. The van der Waals surface area contributed by atoms with Gasteiger partial charge in [0.1, 0.15) is 0 Å². The predicted octanol–water partition coefficient (Wildman–Crippen LogP) is 2.74. The van der Waals surface area contributed by atoms with Crippen LogP contribution < -0.4 is 0 Å². The first-order chi connectivity index (χ1) is 4.06. The summed E-state index contributed by atoms with van der Waals surface area (Å²) in [4.78, 5) is 0. The molecule has 0 fully saturated rings. The third kappa shape index (κ3) is 9.44. The normalized spacial score (nSPS) is 12.0. The Morgan fingerprint density at radius 3 is 2.11 bits per heavy atom. The van der Waals surface area contributed by atoms with Gasteiger partial charge in [-0.05, 0) is 0 Å². The van der Waals surface area contributed by atoms with Gasteiger partial charge in [0.25, 0.3) is 0 Å². The van der Waals surface area contributed by atoms with E-state index in [4.69, 9.17) is 0 Å². The fraction of sp³-hybridized carbons (Fsp3) is 1.00. The van der Waals surface area contributed by atoms with Gasteiger partial charge in [-0.1, -0.05) is 0 Å². The Labute approximate surface area is 67.8 Å². The van der Waals surface area contributed by atoms with Crippen LogP contribution in [0.5, 0.6) is 0 Å². The summed E-state index contributed by atoms with van der Waals surface area (Å²) in [5.74, 6) is 0. The van der Waals surface area contributed by atoms with Crippen LogP contribution >= 0.6 is 0 Å². The first-order valence-corrected chi connectivity index (χ1v) is 25.7. The van der Waals surface area contributed by atoms with E-state index >= 15 is 0 Å². The van der Waals surface area contributed by atoms with Gasteiger partial charge < -0.3 is 0 Å². The molecule has 0 saturated heterocycles. The van der Waals surface area contributed by atoms with E-state index < -0.39 is 18.7 Å². The summed E-state index contributed by atoms with van der Waals surface area (Å²) in [6.45, 7) is 2.29. The molecule has 2 heteroatoms. The van der Waals surface area contributed by atoms with Crippen molar-refractivity contribution in [2.45, 2.75) is 38.5 Å². The summed E-state index contributed by atoms with van der Waals surface area (Å²) in [6.07, 6.45) is 2.88. The molecule has 0 nitrogen and oxygen atoms in total. The van der Waals surface area contributed by atoms with Crippen molar-refractivity contribution >= 4 is 29.7 Å². The van der Waals surface area contributed by atoms with Crippen LogP contribution in [-0.2, 0) is 0 Å². The van der Waals surface area contributed by atoms with Gasteiger partial charge in [-0.2, -0.15) is 0 Å². The Morgan fingerprint density at radius 1 is 1.22 bits per heavy atom. The first-order valence-electron chi connectivity index (χ1n) is 3.70. The van der Waals surface area contributed by atoms with Gasteiger partial charge in [0.05, 0.1) is 0 Å². The van der Waals surface area contributed by atoms with Crippen molar-refractivity contribution in [1.82, 2.24) is 0 Å². The van der Waals surface area contributed by atoms with Crippen LogP contribution in [-0.4, -0.2) is 29.7 Å². The maximum atomic E-state index is 2.56. The van der Waals surface area contributed by atoms with E-state index in [0.717, 1.165) is 11.0 Å². The van der Waals surface area contributed by atoms with E-state index in [0.29, 0.717) is 0 Å². The van der Waals surface area contributed by atoms with Crippen molar-refractivity contribution in [1.29, 1.82) is 0 Å². The average molecular weight is 388 g/mol. The Bertz CT molecular complexity index is 65.8. The summed E-state index contributed by atoms with van der Waals surface area (Å²) < 4.78 is 7.67. The standard InChI is InChI=1S/C4H10Se.3CH3.Pb/c1-2-3-4-5;;;;/h5H,2-4H2,1H3;3*1H3;/q;;;;+1/p-1. The second kappa shape index (κ2) is 5.14. The molecule has 0 aromatic heterocycles. The molecule has 0 aromatic carbocycles. The molecular formula is C7H18PbSe. The zero-order valence-electron chi connectivity index (χ0n) is 7.03. The van der Waals surface area contributed by atoms with Crippen molar-refractivity contribution in [3.05, 3.63) is 0 Å². The minimum absolute atomic E-state index is 1.09. The molecular weight excluding hydrogens is 370 g/mol. The van der Waals surface area contributed by atoms with Crippen LogP contribution in [0.3, 0.4) is 0 Å². The molecule has 0 amide bonds. The molecule has 0 heterocycles. The fourth-order valence-corrected chi connectivity index (χ4v) is 18.0. The zero-order chi connectivity index (χ0) is 7.33. The van der Waals surface area contributed by atoms with E-state index in [9.17, 15) is 0 Å². The Hall–Kier alpha value is 1.44. The Kier molecular flexibility index (Phi) is 5.96. The molecule has 0 N–H and O–H groups in total. The molecule has 0 aliphatic rings. The fourth-order valence-electron chi connectivity index (χ4n) is 0.523. The number of hydrogen-bond acceptors (Lipinski definition) is 0. The van der Waals surface area contributed by atoms with Gasteiger partial charge in [-0.15, -0.1) is 0 Å². The van der Waals surface area contributed by atoms with Crippen molar-refractivity contribution in [2.24, 2.45) is 0 Å². The van der Waals surface area contributed by atoms with E-state index in [1.54, 1.807) is 5.32 Å². The van der Waals surface area contributed by atoms with E-state index in [1.807, 2.05) is 0 Å². The third-order valence-electron chi connectivity index (χ3n) is 1.03. The molecule has 0 bridgehead atoms. The van der Waals surface area contributed by atoms with E-state index in [-0.39, 0.29) is 0 Å². The van der Waals surface area contributed by atoms with Crippen molar-refractivity contribution < 1.29 is 0 Å². The van der Waals surface area contributed by atoms with Crippen LogP contribution in [0.4, 0.5) is 0 Å². The average Bonchev–Trinajstić information content (AvgIpc) is 1.63. The Balaban J connectivity index is 3.07. The Morgan fingerprint density at radius 2 is 1.78 bits per heavy atom. The second-order valence-electron chi connectivity index (χ2n) is 3.31. The molecule has 0 unspecified atom stereocenters. The molecule has 0 spiro atoms. The molecule has 0 aromatic rings. The number of unbranched alkanes of at least 4 members (excludes halogenated alkanes) is 1. The van der Waals surface area contributed by atoms with Gasteiger partial charge >= 0.3 is 68.3 Å². The summed E-state index contributed by atoms with van der Waals surface area (Å²) in [5, 5.41) is 1.56. The molecule has 0 saturated carbocycles. The van der Waals surface area contributed by atoms with Crippen LogP contribution in [0.1, 0.15) is 19.8 Å². The van der Waals surface area contributed by atoms with Gasteiger partial charge in [-0.3, -0.25) is 0 Å². The third-order valence-corrected chi connectivity index (χ3v) is 25.5. The molecule has 56 valence electrons. The van der Waals surface area contributed by atoms with Crippen molar-refractivity contribution in [2.75, 3.05) is 0 Å². The van der Waals surface area contributed by atoms with Crippen LogP contribution in [0.2, 0.25) is 18.8 Å². The number of hydrogen-bond donors (Lipinski definition) is 0. The zero-order valence-corrected chi connectivity index (χ0v) is 12.6. The molecule has 9 heavy (non-hydrogen) atoms. The topological polar surface area (TPSA) is 0 Å². The second-order valence-corrected chi connectivity index (χ2v) is 49.6. The molecule has 0 radical (unpaired) electrons. The van der Waals surface area contributed by atoms with E-state index in [1.165, 1.54) is 12.8 Å². The summed E-state index contributed by atoms with van der Waals surface area (Å²) in [7, 11) is 1.09. The minimum atomic E-state index is -1.38.